The highest BCUT2D eigenvalue weighted by molar-refractivity contribution is 5.37. The quantitative estimate of drug-likeness (QED) is 0.771. The van der Waals surface area contributed by atoms with E-state index < -0.39 is 0 Å². The molecule has 0 amide bonds. The third kappa shape index (κ3) is 2.10. The number of H-pyrrole nitrogens is 1. The highest BCUT2D eigenvalue weighted by atomic mass is 15.1. The van der Waals surface area contributed by atoms with Crippen molar-refractivity contribution in [3.8, 4) is 0 Å². The number of nitrogens with one attached hydrogen (secondary N) is 2. The summed E-state index contributed by atoms with van der Waals surface area (Å²) in [5, 5.41) is 9.85. The van der Waals surface area contributed by atoms with Crippen molar-refractivity contribution in [3.05, 3.63) is 41.9 Å². The topological polar surface area (TPSA) is 53.6 Å². The molecule has 0 radical (unpaired) electrons. The lowest BCUT2D eigenvalue weighted by molar-refractivity contribution is 1.09. The normalized spacial score (nSPS) is 10.1. The molecule has 0 aliphatic heterocycles. The van der Waals surface area contributed by atoms with E-state index in [0.29, 0.717) is 0 Å². The molecular weight excluding hydrogens is 176 g/mol. The van der Waals surface area contributed by atoms with E-state index >= 15 is 0 Å². The number of hydrogen-bond donors (Lipinski definition) is 2. The Morgan fingerprint density at radius 1 is 1.50 bits per heavy atom. The molecule has 2 aromatic rings. The van der Waals surface area contributed by atoms with Gasteiger partial charge in [0.1, 0.15) is 5.82 Å². The summed E-state index contributed by atoms with van der Waals surface area (Å²) in [5.74, 6) is 0.895. The minimum absolute atomic E-state index is 0.743. The van der Waals surface area contributed by atoms with Crippen molar-refractivity contribution in [1.29, 1.82) is 0 Å². The molecule has 0 saturated heterocycles. The molecule has 0 aliphatic carbocycles. The molecule has 0 atom stereocenters. The number of aromatic nitrogens is 3. The van der Waals surface area contributed by atoms with Gasteiger partial charge in [0.15, 0.2) is 0 Å². The summed E-state index contributed by atoms with van der Waals surface area (Å²) in [6, 6.07) is 3.99. The largest absolute Gasteiger partial charge is 0.366 e. The summed E-state index contributed by atoms with van der Waals surface area (Å²) in [4.78, 5) is 4.20. The lowest BCUT2D eigenvalue weighted by Crippen LogP contribution is -2.00. The zero-order valence-electron chi connectivity index (χ0n) is 7.99. The molecule has 2 heterocycles. The van der Waals surface area contributed by atoms with Crippen LogP contribution >= 0.6 is 0 Å². The van der Waals surface area contributed by atoms with Crippen LogP contribution in [0.2, 0.25) is 0 Å². The van der Waals surface area contributed by atoms with Crippen LogP contribution in [0, 0.1) is 6.92 Å². The molecule has 0 fully saturated rings. The van der Waals surface area contributed by atoms with Crippen LogP contribution in [0.15, 0.2) is 30.7 Å². The maximum Gasteiger partial charge on any atom is 0.126 e. The fraction of sp³-hybridized carbons (Fsp3) is 0.200. The summed E-state index contributed by atoms with van der Waals surface area (Å²) in [7, 11) is 0. The Morgan fingerprint density at radius 2 is 2.43 bits per heavy atom. The van der Waals surface area contributed by atoms with Crippen molar-refractivity contribution >= 4 is 5.82 Å². The maximum absolute atomic E-state index is 4.20. The standard InChI is InChI=1S/C10H12N4/c1-8-2-3-11-10(4-8)12-5-9-6-13-14-7-9/h2-4,6-7H,5H2,1H3,(H,11,12)(H,13,14). The summed E-state index contributed by atoms with van der Waals surface area (Å²) in [6.45, 7) is 2.79. The van der Waals surface area contributed by atoms with E-state index in [1.54, 1.807) is 12.4 Å². The van der Waals surface area contributed by atoms with Gasteiger partial charge in [-0.25, -0.2) is 4.98 Å². The monoisotopic (exact) mass is 188 g/mol. The third-order valence-corrected chi connectivity index (χ3v) is 1.94. The first-order chi connectivity index (χ1) is 6.84. The lowest BCUT2D eigenvalue weighted by atomic mass is 10.3. The second-order valence-electron chi connectivity index (χ2n) is 3.18. The molecule has 0 aliphatic rings. The zero-order valence-corrected chi connectivity index (χ0v) is 7.99. The Balaban J connectivity index is 1.98. The van der Waals surface area contributed by atoms with Gasteiger partial charge in [-0.05, 0) is 24.6 Å². The highest BCUT2D eigenvalue weighted by Crippen LogP contribution is 2.06. The molecule has 0 aromatic carbocycles. The second-order valence-corrected chi connectivity index (χ2v) is 3.18. The fourth-order valence-electron chi connectivity index (χ4n) is 1.20. The average molecular weight is 188 g/mol. The molecule has 0 saturated carbocycles. The minimum Gasteiger partial charge on any atom is -0.366 e. The van der Waals surface area contributed by atoms with E-state index in [1.165, 1.54) is 5.56 Å². The molecular formula is C10H12N4. The number of anilines is 1. The third-order valence-electron chi connectivity index (χ3n) is 1.94. The van der Waals surface area contributed by atoms with Crippen molar-refractivity contribution in [1.82, 2.24) is 15.2 Å². The predicted molar refractivity (Wildman–Crippen MR) is 54.9 cm³/mol. The first-order valence-corrected chi connectivity index (χ1v) is 4.49. The fourth-order valence-corrected chi connectivity index (χ4v) is 1.20. The van der Waals surface area contributed by atoms with Gasteiger partial charge in [-0.2, -0.15) is 5.10 Å². The van der Waals surface area contributed by atoms with E-state index in [9.17, 15) is 0 Å². The molecule has 4 nitrogen and oxygen atoms in total. The summed E-state index contributed by atoms with van der Waals surface area (Å²) >= 11 is 0. The van der Waals surface area contributed by atoms with Gasteiger partial charge in [-0.3, -0.25) is 5.10 Å². The second kappa shape index (κ2) is 3.91. The van der Waals surface area contributed by atoms with Crippen LogP contribution in [-0.2, 0) is 6.54 Å². The zero-order chi connectivity index (χ0) is 9.80. The molecule has 0 unspecified atom stereocenters. The van der Waals surface area contributed by atoms with Crippen molar-refractivity contribution < 1.29 is 0 Å². The number of aryl methyl sites for hydroxylation is 1. The molecule has 4 heteroatoms. The predicted octanol–water partition coefficient (Wildman–Crippen LogP) is 1.73. The Morgan fingerprint density at radius 3 is 3.14 bits per heavy atom. The van der Waals surface area contributed by atoms with Crippen LogP contribution in [0.3, 0.4) is 0 Å². The number of hydrogen-bond acceptors (Lipinski definition) is 3. The van der Waals surface area contributed by atoms with Crippen LogP contribution in [0.4, 0.5) is 5.82 Å². The van der Waals surface area contributed by atoms with Gasteiger partial charge in [0.2, 0.25) is 0 Å². The summed E-state index contributed by atoms with van der Waals surface area (Å²) in [5.41, 5.74) is 2.32. The Labute approximate surface area is 82.4 Å². The minimum atomic E-state index is 0.743. The average Bonchev–Trinajstić information content (AvgIpc) is 2.67. The Hall–Kier alpha value is -1.84. The van der Waals surface area contributed by atoms with Gasteiger partial charge >= 0.3 is 0 Å². The van der Waals surface area contributed by atoms with Crippen molar-refractivity contribution in [3.63, 3.8) is 0 Å². The smallest absolute Gasteiger partial charge is 0.126 e. The van der Waals surface area contributed by atoms with Crippen LogP contribution in [0.5, 0.6) is 0 Å². The highest BCUT2D eigenvalue weighted by Gasteiger charge is 1.95. The van der Waals surface area contributed by atoms with Gasteiger partial charge < -0.3 is 5.32 Å². The first kappa shape index (κ1) is 8.74. The molecule has 0 spiro atoms. The van der Waals surface area contributed by atoms with Crippen LogP contribution in [0.1, 0.15) is 11.1 Å². The Bertz CT molecular complexity index is 394. The van der Waals surface area contributed by atoms with E-state index in [-0.39, 0.29) is 0 Å². The lowest BCUT2D eigenvalue weighted by Gasteiger charge is -2.03. The van der Waals surface area contributed by atoms with E-state index in [2.05, 4.69) is 20.5 Å². The summed E-state index contributed by atoms with van der Waals surface area (Å²) < 4.78 is 0. The number of aromatic amines is 1. The molecule has 0 bridgehead atoms. The molecule has 2 rings (SSSR count). The number of pyridine rings is 1. The van der Waals surface area contributed by atoms with Gasteiger partial charge in [-0.1, -0.05) is 0 Å². The van der Waals surface area contributed by atoms with E-state index in [0.717, 1.165) is 17.9 Å². The SMILES string of the molecule is Cc1ccnc(NCc2cn[nH]c2)c1. The molecule has 2 aromatic heterocycles. The molecule has 14 heavy (non-hydrogen) atoms. The van der Waals surface area contributed by atoms with Gasteiger partial charge in [-0.15, -0.1) is 0 Å². The van der Waals surface area contributed by atoms with Crippen LogP contribution < -0.4 is 5.32 Å². The van der Waals surface area contributed by atoms with E-state index in [1.807, 2.05) is 25.3 Å². The number of rotatable bonds is 3. The van der Waals surface area contributed by atoms with E-state index in [4.69, 9.17) is 0 Å². The van der Waals surface area contributed by atoms with Gasteiger partial charge in [0.25, 0.3) is 0 Å². The maximum atomic E-state index is 4.20. The van der Waals surface area contributed by atoms with Crippen LogP contribution in [-0.4, -0.2) is 15.2 Å². The number of nitrogens with zero attached hydrogens (tertiary/aromatic N) is 2. The van der Waals surface area contributed by atoms with Crippen molar-refractivity contribution in [2.24, 2.45) is 0 Å². The molecule has 2 N–H and O–H groups in total. The molecule has 72 valence electrons. The first-order valence-electron chi connectivity index (χ1n) is 4.49. The van der Waals surface area contributed by atoms with Gasteiger partial charge in [0.05, 0.1) is 6.20 Å². The van der Waals surface area contributed by atoms with Crippen molar-refractivity contribution in [2.45, 2.75) is 13.5 Å². The van der Waals surface area contributed by atoms with Crippen molar-refractivity contribution in [2.75, 3.05) is 5.32 Å². The Kier molecular flexibility index (Phi) is 2.44. The summed E-state index contributed by atoms with van der Waals surface area (Å²) in [6.07, 6.45) is 5.46. The van der Waals surface area contributed by atoms with Gasteiger partial charge in [0, 0.05) is 24.5 Å². The van der Waals surface area contributed by atoms with Crippen LogP contribution in [0.25, 0.3) is 0 Å².